The molecule has 90 valence electrons. The van der Waals surface area contributed by atoms with Crippen LogP contribution in [0, 0.1) is 24.2 Å². The van der Waals surface area contributed by atoms with Gasteiger partial charge in [0.25, 0.3) is 0 Å². The Morgan fingerprint density at radius 1 is 1.56 bits per heavy atom. The van der Waals surface area contributed by atoms with E-state index in [1.165, 1.54) is 0 Å². The number of anilines is 1. The SMILES string of the molecule is Cc1cc2c(NC(=O)C3CC3)n[nH]c2cc1C#N. The molecule has 0 aliphatic heterocycles. The predicted octanol–water partition coefficient (Wildman–Crippen LogP) is 2.09. The van der Waals surface area contributed by atoms with Crippen LogP contribution in [0.5, 0.6) is 0 Å². The molecule has 0 bridgehead atoms. The van der Waals surface area contributed by atoms with E-state index in [0.29, 0.717) is 11.4 Å². The standard InChI is InChI=1S/C13H12N4O/c1-7-4-10-11(5-9(7)6-14)16-17-12(10)15-13(18)8-2-3-8/h4-5,8H,2-3H2,1H3,(H2,15,16,17,18). The number of carbonyl (C=O) groups is 1. The van der Waals surface area contributed by atoms with Crippen LogP contribution < -0.4 is 5.32 Å². The summed E-state index contributed by atoms with van der Waals surface area (Å²) in [4.78, 5) is 11.7. The number of nitrogens with one attached hydrogen (secondary N) is 2. The highest BCUT2D eigenvalue weighted by molar-refractivity contribution is 6.01. The lowest BCUT2D eigenvalue weighted by Gasteiger charge is -2.01. The van der Waals surface area contributed by atoms with E-state index < -0.39 is 0 Å². The highest BCUT2D eigenvalue weighted by Crippen LogP contribution is 2.31. The molecule has 5 heteroatoms. The van der Waals surface area contributed by atoms with E-state index in [1.54, 1.807) is 6.07 Å². The van der Waals surface area contributed by atoms with Gasteiger partial charge < -0.3 is 5.32 Å². The van der Waals surface area contributed by atoms with Crippen LogP contribution >= 0.6 is 0 Å². The van der Waals surface area contributed by atoms with Gasteiger partial charge in [-0.15, -0.1) is 0 Å². The van der Waals surface area contributed by atoms with Gasteiger partial charge in [0.05, 0.1) is 17.1 Å². The maximum Gasteiger partial charge on any atom is 0.228 e. The Hall–Kier alpha value is -2.35. The van der Waals surface area contributed by atoms with Crippen molar-refractivity contribution in [2.24, 2.45) is 5.92 Å². The third-order valence-corrected chi connectivity index (χ3v) is 3.22. The van der Waals surface area contributed by atoms with Gasteiger partial charge in [0, 0.05) is 11.3 Å². The third-order valence-electron chi connectivity index (χ3n) is 3.22. The lowest BCUT2D eigenvalue weighted by Crippen LogP contribution is -2.13. The molecule has 2 N–H and O–H groups in total. The van der Waals surface area contributed by atoms with E-state index in [1.807, 2.05) is 13.0 Å². The molecular formula is C13H12N4O. The van der Waals surface area contributed by atoms with Crippen molar-refractivity contribution in [3.63, 3.8) is 0 Å². The van der Waals surface area contributed by atoms with Gasteiger partial charge in [-0.3, -0.25) is 9.89 Å². The Balaban J connectivity index is 2.00. The lowest BCUT2D eigenvalue weighted by atomic mass is 10.1. The fourth-order valence-corrected chi connectivity index (χ4v) is 1.95. The zero-order chi connectivity index (χ0) is 12.7. The predicted molar refractivity (Wildman–Crippen MR) is 66.9 cm³/mol. The highest BCUT2D eigenvalue weighted by atomic mass is 16.2. The quantitative estimate of drug-likeness (QED) is 0.843. The molecule has 18 heavy (non-hydrogen) atoms. The number of aromatic amines is 1. The van der Waals surface area contributed by atoms with Crippen LogP contribution in [0.15, 0.2) is 12.1 Å². The van der Waals surface area contributed by atoms with Gasteiger partial charge in [-0.25, -0.2) is 0 Å². The zero-order valence-electron chi connectivity index (χ0n) is 9.95. The minimum Gasteiger partial charge on any atom is -0.308 e. The second kappa shape index (κ2) is 3.84. The number of nitrogens with zero attached hydrogens (tertiary/aromatic N) is 2. The summed E-state index contributed by atoms with van der Waals surface area (Å²) in [5.41, 5.74) is 2.27. The van der Waals surface area contributed by atoms with Crippen molar-refractivity contribution < 1.29 is 4.79 Å². The highest BCUT2D eigenvalue weighted by Gasteiger charge is 2.30. The number of nitriles is 1. The summed E-state index contributed by atoms with van der Waals surface area (Å²) in [5, 5.41) is 19.6. The maximum absolute atomic E-state index is 11.7. The van der Waals surface area contributed by atoms with E-state index in [0.717, 1.165) is 29.3 Å². The second-order valence-corrected chi connectivity index (χ2v) is 4.66. The number of fused-ring (bicyclic) bond motifs is 1. The first-order valence-corrected chi connectivity index (χ1v) is 5.88. The van der Waals surface area contributed by atoms with Crippen LogP contribution in [0.3, 0.4) is 0 Å². The smallest absolute Gasteiger partial charge is 0.228 e. The van der Waals surface area contributed by atoms with Crippen molar-refractivity contribution >= 4 is 22.6 Å². The number of rotatable bonds is 2. The largest absolute Gasteiger partial charge is 0.308 e. The first kappa shape index (κ1) is 10.8. The molecule has 3 rings (SSSR count). The summed E-state index contributed by atoms with van der Waals surface area (Å²) in [5.74, 6) is 0.733. The van der Waals surface area contributed by atoms with E-state index in [-0.39, 0.29) is 11.8 Å². The van der Waals surface area contributed by atoms with E-state index in [4.69, 9.17) is 5.26 Å². The molecule has 1 heterocycles. The molecule has 5 nitrogen and oxygen atoms in total. The van der Waals surface area contributed by atoms with Gasteiger partial charge in [-0.1, -0.05) is 0 Å². The number of hydrogen-bond donors (Lipinski definition) is 2. The van der Waals surface area contributed by atoms with Gasteiger partial charge in [0.1, 0.15) is 0 Å². The molecule has 1 amide bonds. The Labute approximate surface area is 104 Å². The number of carbonyl (C=O) groups excluding carboxylic acids is 1. The van der Waals surface area contributed by atoms with Crippen LogP contribution in [0.1, 0.15) is 24.0 Å². The Bertz CT molecular complexity index is 676. The molecule has 0 saturated heterocycles. The molecular weight excluding hydrogens is 228 g/mol. The van der Waals surface area contributed by atoms with Crippen molar-refractivity contribution in [2.45, 2.75) is 19.8 Å². The molecule has 1 aromatic carbocycles. The second-order valence-electron chi connectivity index (χ2n) is 4.66. The Morgan fingerprint density at radius 3 is 3.00 bits per heavy atom. The molecule has 2 aromatic rings. The monoisotopic (exact) mass is 240 g/mol. The third kappa shape index (κ3) is 1.72. The summed E-state index contributed by atoms with van der Waals surface area (Å²) >= 11 is 0. The van der Waals surface area contributed by atoms with Crippen molar-refractivity contribution in [2.75, 3.05) is 5.32 Å². The number of aromatic nitrogens is 2. The lowest BCUT2D eigenvalue weighted by molar-refractivity contribution is -0.117. The summed E-state index contributed by atoms with van der Waals surface area (Å²) in [6, 6.07) is 5.76. The molecule has 1 saturated carbocycles. The normalized spacial score (nSPS) is 14.4. The number of hydrogen-bond acceptors (Lipinski definition) is 3. The summed E-state index contributed by atoms with van der Waals surface area (Å²) in [6.45, 7) is 1.87. The molecule has 1 aliphatic carbocycles. The van der Waals surface area contributed by atoms with Crippen LogP contribution in [-0.2, 0) is 4.79 Å². The van der Waals surface area contributed by atoms with E-state index >= 15 is 0 Å². The molecule has 0 unspecified atom stereocenters. The molecule has 0 spiro atoms. The zero-order valence-corrected chi connectivity index (χ0v) is 9.95. The van der Waals surface area contributed by atoms with Crippen LogP contribution in [0.4, 0.5) is 5.82 Å². The molecule has 0 atom stereocenters. The molecule has 0 radical (unpaired) electrons. The van der Waals surface area contributed by atoms with Gasteiger partial charge >= 0.3 is 0 Å². The molecule has 1 fully saturated rings. The van der Waals surface area contributed by atoms with Crippen molar-refractivity contribution in [3.8, 4) is 6.07 Å². The minimum absolute atomic E-state index is 0.0328. The maximum atomic E-state index is 11.7. The Morgan fingerprint density at radius 2 is 2.33 bits per heavy atom. The van der Waals surface area contributed by atoms with E-state index in [2.05, 4.69) is 21.6 Å². The van der Waals surface area contributed by atoms with Gasteiger partial charge in [0.2, 0.25) is 5.91 Å². The van der Waals surface area contributed by atoms with Crippen molar-refractivity contribution in [1.29, 1.82) is 5.26 Å². The van der Waals surface area contributed by atoms with Crippen LogP contribution in [0.25, 0.3) is 10.9 Å². The van der Waals surface area contributed by atoms with Gasteiger partial charge in [0.15, 0.2) is 5.82 Å². The number of amides is 1. The average Bonchev–Trinajstić information content (AvgIpc) is 3.14. The van der Waals surface area contributed by atoms with Gasteiger partial charge in [-0.05, 0) is 37.5 Å². The number of benzene rings is 1. The van der Waals surface area contributed by atoms with E-state index in [9.17, 15) is 4.79 Å². The molecule has 1 aromatic heterocycles. The number of aryl methyl sites for hydroxylation is 1. The summed E-state index contributed by atoms with van der Waals surface area (Å²) in [6.07, 6.45) is 1.93. The fraction of sp³-hybridized carbons (Fsp3) is 0.308. The average molecular weight is 240 g/mol. The molecule has 1 aliphatic rings. The topological polar surface area (TPSA) is 81.6 Å². The van der Waals surface area contributed by atoms with Crippen molar-refractivity contribution in [3.05, 3.63) is 23.3 Å². The summed E-state index contributed by atoms with van der Waals surface area (Å²) < 4.78 is 0. The first-order chi connectivity index (χ1) is 8.69. The summed E-state index contributed by atoms with van der Waals surface area (Å²) in [7, 11) is 0. The van der Waals surface area contributed by atoms with Crippen LogP contribution in [0.2, 0.25) is 0 Å². The Kier molecular flexibility index (Phi) is 2.30. The minimum atomic E-state index is 0.0328. The fourth-order valence-electron chi connectivity index (χ4n) is 1.95. The van der Waals surface area contributed by atoms with Crippen molar-refractivity contribution in [1.82, 2.24) is 10.2 Å². The first-order valence-electron chi connectivity index (χ1n) is 5.88. The number of H-pyrrole nitrogens is 1. The van der Waals surface area contributed by atoms with Crippen LogP contribution in [-0.4, -0.2) is 16.1 Å². The van der Waals surface area contributed by atoms with Gasteiger partial charge in [-0.2, -0.15) is 10.4 Å².